The zero-order valence-corrected chi connectivity index (χ0v) is 37.9. The maximum absolute atomic E-state index is 13.7. The lowest BCUT2D eigenvalue weighted by Gasteiger charge is -2.21. The van der Waals surface area contributed by atoms with Crippen LogP contribution in [0.4, 0.5) is 0 Å². The van der Waals surface area contributed by atoms with E-state index in [1.54, 1.807) is 59.1 Å². The summed E-state index contributed by atoms with van der Waals surface area (Å²) in [7, 11) is 0. The highest BCUT2D eigenvalue weighted by Gasteiger charge is 2.48. The van der Waals surface area contributed by atoms with Gasteiger partial charge in [-0.25, -0.2) is 0 Å². The molecule has 6 nitrogen and oxygen atoms in total. The minimum atomic E-state index is -0.267. The molecule has 0 aliphatic heterocycles. The van der Waals surface area contributed by atoms with Crippen LogP contribution in [0.1, 0.15) is 91.5 Å². The molecule has 4 aliphatic rings. The van der Waals surface area contributed by atoms with Gasteiger partial charge in [-0.3, -0.25) is 9.59 Å². The largest absolute Gasteiger partial charge is 0.289 e. The molecule has 0 saturated carbocycles. The molecule has 62 heavy (non-hydrogen) atoms. The first-order valence-corrected chi connectivity index (χ1v) is 24.4. The Hall–Kier alpha value is -6.32. The van der Waals surface area contributed by atoms with Gasteiger partial charge >= 0.3 is 0 Å². The first-order valence-electron chi connectivity index (χ1n) is 19.5. The number of hydrogen-bond acceptors (Lipinski definition) is 12. The molecule has 4 aliphatic carbocycles. The van der Waals surface area contributed by atoms with E-state index in [0.29, 0.717) is 44.5 Å². The van der Waals surface area contributed by atoms with Crippen LogP contribution in [-0.2, 0) is 10.8 Å². The molecule has 0 spiro atoms. The molecule has 0 atom stereocenters. The number of hydrogen-bond donors (Lipinski definition) is 0. The molecule has 0 N–H and O–H groups in total. The summed E-state index contributed by atoms with van der Waals surface area (Å²) in [6.07, 6.45) is 3.73. The van der Waals surface area contributed by atoms with E-state index >= 15 is 0 Å². The quantitative estimate of drug-likeness (QED) is 0.125. The van der Waals surface area contributed by atoms with Crippen LogP contribution in [0.25, 0.3) is 71.0 Å². The smallest absolute Gasteiger partial charge is 0.194 e. The van der Waals surface area contributed by atoms with Gasteiger partial charge in [0, 0.05) is 64.8 Å². The van der Waals surface area contributed by atoms with Gasteiger partial charge in [0.2, 0.25) is 0 Å². The summed E-state index contributed by atoms with van der Waals surface area (Å²) in [5.74, 6) is -0.341. The lowest BCUT2D eigenvalue weighted by atomic mass is 9.81. The Morgan fingerprint density at radius 2 is 0.855 bits per heavy atom. The molecule has 6 heterocycles. The summed E-state index contributed by atoms with van der Waals surface area (Å²) >= 11 is 10.7. The molecule has 0 saturated heterocycles. The number of benzene rings is 2. The molecule has 0 bridgehead atoms. The third kappa shape index (κ3) is 4.61. The van der Waals surface area contributed by atoms with Crippen molar-refractivity contribution in [3.05, 3.63) is 137 Å². The highest BCUT2D eigenvalue weighted by Crippen LogP contribution is 2.68. The van der Waals surface area contributed by atoms with Crippen molar-refractivity contribution in [2.24, 2.45) is 0 Å². The maximum Gasteiger partial charge on any atom is 0.194 e. The average molecular weight is 905 g/mol. The minimum absolute atomic E-state index is 0.0603. The number of allylic oxidation sites excluding steroid dienone is 6. The summed E-state index contributed by atoms with van der Waals surface area (Å²) in [4.78, 5) is 34.5. The summed E-state index contributed by atoms with van der Waals surface area (Å²) < 4.78 is 5.08. The Morgan fingerprint density at radius 1 is 0.500 bits per heavy atom. The first kappa shape index (κ1) is 37.4. The zero-order chi connectivity index (χ0) is 42.7. The Kier molecular flexibility index (Phi) is 7.63. The van der Waals surface area contributed by atoms with Gasteiger partial charge in [0.25, 0.3) is 0 Å². The predicted molar refractivity (Wildman–Crippen MR) is 255 cm³/mol. The van der Waals surface area contributed by atoms with Crippen LogP contribution in [0.15, 0.2) is 83.0 Å². The zero-order valence-electron chi connectivity index (χ0n) is 33.0. The van der Waals surface area contributed by atoms with Crippen molar-refractivity contribution in [1.82, 2.24) is 0 Å². The Balaban J connectivity index is 0.937. The molecule has 0 amide bonds. The number of ketones is 2. The molecule has 6 aromatic heterocycles. The van der Waals surface area contributed by atoms with E-state index in [1.807, 2.05) is 93.9 Å². The number of thiophene rings is 6. The standard InChI is InChI=1S/C50H24N4O2S6/c1-49(2)35-31-15-23(13-29-33(21(17-51)18-52)25-9-5-7-11-27(25)39(29)55)57-47(31)61-41(35)43-37(49)45-46(59-43)38-44(60-45)42-36(50(38,3)4)32-16-24(58-48(32)62-42)14-30-34(22(19-53)20-54)26-10-6-8-12-28(26)40(30)56/h5-16H,1-4H3/b29-13-,30-14-. The molecule has 8 aromatic rings. The predicted octanol–water partition coefficient (Wildman–Crippen LogP) is 14.3. The molecular weight excluding hydrogens is 881 g/mol. The molecule has 12 rings (SSSR count). The molecule has 0 radical (unpaired) electrons. The third-order valence-electron chi connectivity index (χ3n) is 12.7. The van der Waals surface area contributed by atoms with E-state index in [9.17, 15) is 30.6 Å². The van der Waals surface area contributed by atoms with Gasteiger partial charge in [0.05, 0.1) is 36.9 Å². The van der Waals surface area contributed by atoms with Crippen molar-refractivity contribution in [3.63, 3.8) is 0 Å². The van der Waals surface area contributed by atoms with Gasteiger partial charge in [-0.05, 0) is 57.7 Å². The summed E-state index contributed by atoms with van der Waals surface area (Å²) in [6.45, 7) is 9.33. The molecular formula is C50H24N4O2S6. The van der Waals surface area contributed by atoms with E-state index in [-0.39, 0.29) is 33.5 Å². The van der Waals surface area contributed by atoms with Crippen LogP contribution in [0, 0.1) is 45.3 Å². The van der Waals surface area contributed by atoms with E-state index in [1.165, 1.54) is 70.0 Å². The number of nitriles is 4. The second kappa shape index (κ2) is 12.6. The van der Waals surface area contributed by atoms with Gasteiger partial charge in [0.1, 0.15) is 35.4 Å². The monoisotopic (exact) mass is 904 g/mol. The van der Waals surface area contributed by atoms with Crippen LogP contribution in [0.2, 0.25) is 0 Å². The lowest BCUT2D eigenvalue weighted by molar-refractivity contribution is 0.103. The first-order chi connectivity index (χ1) is 29.9. The van der Waals surface area contributed by atoms with E-state index < -0.39 is 0 Å². The highest BCUT2D eigenvalue weighted by molar-refractivity contribution is 7.43. The van der Waals surface area contributed by atoms with Crippen molar-refractivity contribution in [2.75, 3.05) is 0 Å². The van der Waals surface area contributed by atoms with E-state index in [2.05, 4.69) is 39.8 Å². The van der Waals surface area contributed by atoms with Gasteiger partial charge in [-0.2, -0.15) is 21.0 Å². The summed E-state index contributed by atoms with van der Waals surface area (Å²) in [5, 5.41) is 41.7. The van der Waals surface area contributed by atoms with Gasteiger partial charge in [0.15, 0.2) is 11.6 Å². The second-order valence-corrected chi connectivity index (χ2v) is 23.4. The van der Waals surface area contributed by atoms with Crippen molar-refractivity contribution in [3.8, 4) is 43.8 Å². The van der Waals surface area contributed by atoms with Crippen molar-refractivity contribution in [1.29, 1.82) is 21.0 Å². The van der Waals surface area contributed by atoms with Crippen molar-refractivity contribution >= 4 is 131 Å². The van der Waals surface area contributed by atoms with Crippen molar-refractivity contribution < 1.29 is 9.59 Å². The van der Waals surface area contributed by atoms with E-state index in [0.717, 1.165) is 9.75 Å². The molecule has 12 heteroatoms. The van der Waals surface area contributed by atoms with Crippen molar-refractivity contribution in [2.45, 2.75) is 38.5 Å². The minimum Gasteiger partial charge on any atom is -0.289 e. The highest BCUT2D eigenvalue weighted by atomic mass is 32.2. The third-order valence-corrected chi connectivity index (χ3v) is 20.3. The fraction of sp³-hybridized carbons (Fsp3) is 0.120. The van der Waals surface area contributed by atoms with Gasteiger partial charge in [-0.1, -0.05) is 76.2 Å². The number of fused-ring (bicyclic) bond motifs is 15. The maximum atomic E-state index is 13.7. The Bertz CT molecular complexity index is 3560. The summed E-state index contributed by atoms with van der Waals surface area (Å²) in [5.41, 5.74) is 8.62. The Morgan fingerprint density at radius 3 is 1.23 bits per heavy atom. The lowest BCUT2D eigenvalue weighted by Crippen LogP contribution is -2.15. The molecule has 0 unspecified atom stereocenters. The van der Waals surface area contributed by atoms with E-state index in [4.69, 9.17) is 0 Å². The molecule has 0 fully saturated rings. The number of carbonyl (C=O) groups excluding carboxylic acids is 2. The van der Waals surface area contributed by atoms with Gasteiger partial charge < -0.3 is 0 Å². The normalized spacial score (nSPS) is 17.3. The average Bonchev–Trinajstić information content (AvgIpc) is 4.13. The molecule has 2 aromatic carbocycles. The summed E-state index contributed by atoms with van der Waals surface area (Å²) in [6, 6.07) is 26.8. The number of nitrogens with zero attached hydrogens (tertiary/aromatic N) is 4. The number of Topliss-reactive ketones (excluding diaryl/α,β-unsaturated/α-hetero) is 2. The van der Waals surface area contributed by atoms with Crippen LogP contribution in [0.5, 0.6) is 0 Å². The topological polar surface area (TPSA) is 129 Å². The van der Waals surface area contributed by atoms with Crippen LogP contribution < -0.4 is 0 Å². The number of rotatable bonds is 2. The second-order valence-electron chi connectivity index (χ2n) is 16.6. The van der Waals surface area contributed by atoms with Crippen LogP contribution in [-0.4, -0.2) is 11.6 Å². The SMILES string of the molecule is CC1(C)c2c(sc3sc(/C=C4\C(=O)c5ccccc5C4=C(C#N)C#N)cc23)-c2sc3c4c(sc3c21)-c1sc2sc(/C=C3\C(=O)c5ccccc5C3=C(C#N)C#N)cc2c1C4(C)C. The Labute approximate surface area is 378 Å². The fourth-order valence-electron chi connectivity index (χ4n) is 10.1. The van der Waals surface area contributed by atoms with Crippen LogP contribution >= 0.6 is 68.0 Å². The van der Waals surface area contributed by atoms with Gasteiger partial charge in [-0.15, -0.1) is 68.0 Å². The molecule has 292 valence electrons. The number of carbonyl (C=O) groups is 2. The fourth-order valence-corrected chi connectivity index (χ4v) is 19.4. The van der Waals surface area contributed by atoms with Crippen LogP contribution in [0.3, 0.4) is 0 Å².